The van der Waals surface area contributed by atoms with Crippen molar-refractivity contribution in [2.75, 3.05) is 6.54 Å². The van der Waals surface area contributed by atoms with Crippen LogP contribution in [0.4, 0.5) is 0 Å². The van der Waals surface area contributed by atoms with Gasteiger partial charge in [-0.2, -0.15) is 5.26 Å². The molecule has 2 aromatic carbocycles. The molecule has 1 aliphatic heterocycles. The maximum atomic E-state index is 13.5. The molecular formula is C29H32N6O4. The van der Waals surface area contributed by atoms with Crippen LogP contribution in [0.3, 0.4) is 0 Å². The van der Waals surface area contributed by atoms with Crippen molar-refractivity contribution in [2.24, 2.45) is 23.1 Å². The summed E-state index contributed by atoms with van der Waals surface area (Å²) in [5, 5.41) is 12.7. The zero-order chi connectivity index (χ0) is 28.1. The third-order valence-electron chi connectivity index (χ3n) is 8.54. The smallest absolute Gasteiger partial charge is 0.248 e. The molecule has 0 spiro atoms. The Labute approximate surface area is 226 Å². The fraction of sp³-hybridized carbons (Fsp3) is 0.414. The second-order valence-electron chi connectivity index (χ2n) is 11.0. The van der Waals surface area contributed by atoms with Crippen LogP contribution in [0, 0.1) is 17.2 Å². The Hall–Kier alpha value is -4.23. The molecule has 0 unspecified atom stereocenters. The molecule has 1 saturated carbocycles. The number of nitrogens with one attached hydrogen (secondary N) is 1. The maximum absolute atomic E-state index is 13.5. The van der Waals surface area contributed by atoms with Crippen molar-refractivity contribution in [2.45, 2.75) is 62.6 Å². The highest BCUT2D eigenvalue weighted by atomic mass is 16.2. The van der Waals surface area contributed by atoms with E-state index in [9.17, 15) is 24.4 Å². The summed E-state index contributed by atoms with van der Waals surface area (Å²) in [5.74, 6) is -1.46. The number of nitrogens with zero attached hydrogens (tertiary/aromatic N) is 2. The minimum absolute atomic E-state index is 0.0261. The van der Waals surface area contributed by atoms with Gasteiger partial charge in [-0.25, -0.2) is 0 Å². The van der Waals surface area contributed by atoms with Gasteiger partial charge in [0.15, 0.2) is 0 Å². The van der Waals surface area contributed by atoms with E-state index in [1.807, 2.05) is 6.92 Å². The lowest BCUT2D eigenvalue weighted by atomic mass is 9.68. The van der Waals surface area contributed by atoms with Gasteiger partial charge in [0.1, 0.15) is 11.5 Å². The Bertz CT molecular complexity index is 1360. The summed E-state index contributed by atoms with van der Waals surface area (Å²) in [6.07, 6.45) is 2.87. The van der Waals surface area contributed by atoms with Gasteiger partial charge in [0.2, 0.25) is 23.6 Å². The molecule has 7 N–H and O–H groups in total. The predicted molar refractivity (Wildman–Crippen MR) is 142 cm³/mol. The molecule has 4 atom stereocenters. The van der Waals surface area contributed by atoms with E-state index >= 15 is 0 Å². The molecular weight excluding hydrogens is 496 g/mol. The van der Waals surface area contributed by atoms with E-state index in [1.165, 1.54) is 0 Å². The van der Waals surface area contributed by atoms with Crippen LogP contribution < -0.4 is 22.5 Å². The maximum Gasteiger partial charge on any atom is 0.248 e. The molecule has 1 saturated heterocycles. The molecule has 10 nitrogen and oxygen atoms in total. The van der Waals surface area contributed by atoms with Gasteiger partial charge in [-0.05, 0) is 91.5 Å². The molecule has 2 aromatic rings. The number of fused-ring (bicyclic) bond motifs is 3. The summed E-state index contributed by atoms with van der Waals surface area (Å²) in [4.78, 5) is 52.1. The quantitative estimate of drug-likeness (QED) is 0.389. The third kappa shape index (κ3) is 4.53. The third-order valence-corrected chi connectivity index (χ3v) is 8.54. The summed E-state index contributed by atoms with van der Waals surface area (Å²) in [7, 11) is 0. The molecule has 0 bridgehead atoms. The highest BCUT2D eigenvalue weighted by molar-refractivity contribution is 5.96. The number of hydrogen-bond donors (Lipinski definition) is 4. The number of benzene rings is 2. The Kier molecular flexibility index (Phi) is 6.64. The number of piperidine rings is 1. The second-order valence-corrected chi connectivity index (χ2v) is 11.0. The summed E-state index contributed by atoms with van der Waals surface area (Å²) in [6, 6.07) is 11.7. The highest BCUT2D eigenvalue weighted by Gasteiger charge is 2.54. The lowest BCUT2D eigenvalue weighted by Gasteiger charge is -2.36. The van der Waals surface area contributed by atoms with Crippen LogP contribution in [-0.4, -0.2) is 53.2 Å². The molecule has 5 rings (SSSR count). The Balaban J connectivity index is 1.50. The number of nitrogens with two attached hydrogens (primary N) is 3. The molecule has 4 amide bonds. The monoisotopic (exact) mass is 528 g/mol. The molecule has 202 valence electrons. The minimum Gasteiger partial charge on any atom is -0.369 e. The molecule has 2 fully saturated rings. The van der Waals surface area contributed by atoms with Crippen LogP contribution in [0.2, 0.25) is 0 Å². The lowest BCUT2D eigenvalue weighted by molar-refractivity contribution is -0.131. The number of primary amides is 3. The first-order valence-corrected chi connectivity index (χ1v) is 13.2. The number of nitriles is 1. The predicted octanol–water partition coefficient (Wildman–Crippen LogP) is 0.636. The average Bonchev–Trinajstić information content (AvgIpc) is 3.60. The van der Waals surface area contributed by atoms with Gasteiger partial charge in [-0.15, -0.1) is 0 Å². The number of rotatable bonds is 8. The highest BCUT2D eigenvalue weighted by Crippen LogP contribution is 2.47. The van der Waals surface area contributed by atoms with Gasteiger partial charge in [0.25, 0.3) is 0 Å². The van der Waals surface area contributed by atoms with Crippen molar-refractivity contribution in [3.05, 3.63) is 69.8 Å². The van der Waals surface area contributed by atoms with Gasteiger partial charge in [0.05, 0.1) is 12.6 Å². The van der Waals surface area contributed by atoms with Gasteiger partial charge in [-0.1, -0.05) is 12.1 Å². The summed E-state index contributed by atoms with van der Waals surface area (Å²) in [5.41, 5.74) is 19.5. The zero-order valence-electron chi connectivity index (χ0n) is 21.8. The molecule has 2 aliphatic carbocycles. The first-order chi connectivity index (χ1) is 18.6. The van der Waals surface area contributed by atoms with E-state index in [4.69, 9.17) is 17.2 Å². The van der Waals surface area contributed by atoms with E-state index in [0.717, 1.165) is 24.0 Å². The normalized spacial score (nSPS) is 22.9. The summed E-state index contributed by atoms with van der Waals surface area (Å²) >= 11 is 0. The van der Waals surface area contributed by atoms with Gasteiger partial charge in [-0.3, -0.25) is 19.2 Å². The van der Waals surface area contributed by atoms with Gasteiger partial charge >= 0.3 is 0 Å². The van der Waals surface area contributed by atoms with Crippen LogP contribution in [0.15, 0.2) is 36.4 Å². The molecule has 0 aromatic heterocycles. The van der Waals surface area contributed by atoms with Crippen molar-refractivity contribution in [3.63, 3.8) is 0 Å². The number of carbonyl (C=O) groups is 4. The molecule has 39 heavy (non-hydrogen) atoms. The largest absolute Gasteiger partial charge is 0.369 e. The van der Waals surface area contributed by atoms with Crippen LogP contribution in [0.25, 0.3) is 0 Å². The van der Waals surface area contributed by atoms with Crippen molar-refractivity contribution in [3.8, 4) is 6.07 Å². The molecule has 3 aliphatic rings. The van der Waals surface area contributed by atoms with Crippen molar-refractivity contribution in [1.29, 1.82) is 5.26 Å². The van der Waals surface area contributed by atoms with Crippen LogP contribution in [-0.2, 0) is 27.8 Å². The van der Waals surface area contributed by atoms with Crippen molar-refractivity contribution >= 4 is 23.6 Å². The van der Waals surface area contributed by atoms with E-state index in [0.29, 0.717) is 41.0 Å². The van der Waals surface area contributed by atoms with E-state index < -0.39 is 29.2 Å². The van der Waals surface area contributed by atoms with Crippen molar-refractivity contribution in [1.82, 2.24) is 10.2 Å². The number of amides is 4. The number of hydrogen-bond acceptors (Lipinski definition) is 6. The first kappa shape index (κ1) is 26.4. The topological polar surface area (TPSA) is 185 Å². The number of aryl methyl sites for hydroxylation is 2. The fourth-order valence-electron chi connectivity index (χ4n) is 6.56. The minimum atomic E-state index is -1.31. The second kappa shape index (κ2) is 9.82. The zero-order valence-corrected chi connectivity index (χ0v) is 21.8. The van der Waals surface area contributed by atoms with Crippen molar-refractivity contribution < 1.29 is 19.2 Å². The Morgan fingerprint density at radius 2 is 1.56 bits per heavy atom. The van der Waals surface area contributed by atoms with Crippen LogP contribution in [0.5, 0.6) is 0 Å². The number of likely N-dealkylation sites (tertiary alicyclic amines) is 1. The van der Waals surface area contributed by atoms with Gasteiger partial charge in [0, 0.05) is 23.2 Å². The standard InChI is InChI=1S/C29H32N6O4/c1-15(34-14-25(36)35-21(13-30)10-20-11-24(20)35)12-29(28(33)39)22-6-4-18(26(31)37)8-16(22)2-3-17-9-19(27(32)38)5-7-23(17)29/h4-9,15,20-21,24,34H,2-3,10-12,14H2,1H3,(H2,31,37)(H2,32,38)(H2,33,39)/t15-,20-,21+,24+/m1/s1. The molecule has 10 heteroatoms. The van der Waals surface area contributed by atoms with E-state index in [-0.39, 0.29) is 31.0 Å². The van der Waals surface area contributed by atoms with Gasteiger partial charge < -0.3 is 27.4 Å². The molecule has 1 heterocycles. The Morgan fingerprint density at radius 3 is 2.05 bits per heavy atom. The first-order valence-electron chi connectivity index (χ1n) is 13.2. The summed E-state index contributed by atoms with van der Waals surface area (Å²) in [6.45, 7) is 1.90. The van der Waals surface area contributed by atoms with E-state index in [1.54, 1.807) is 41.3 Å². The SMILES string of the molecule is C[C@H](CC1(C(N)=O)c2ccc(C(N)=O)cc2CCc2cc(C(N)=O)ccc21)NCC(=O)N1[C@H](C#N)C[C@@H]2C[C@@H]21. The molecule has 0 radical (unpaired) electrons. The lowest BCUT2D eigenvalue weighted by Crippen LogP contribution is -2.49. The fourth-order valence-corrected chi connectivity index (χ4v) is 6.56. The Morgan fingerprint density at radius 1 is 1.00 bits per heavy atom. The van der Waals surface area contributed by atoms with Crippen LogP contribution >= 0.6 is 0 Å². The number of carbonyl (C=O) groups excluding carboxylic acids is 4. The van der Waals surface area contributed by atoms with Crippen LogP contribution in [0.1, 0.15) is 69.2 Å². The average molecular weight is 529 g/mol. The summed E-state index contributed by atoms with van der Waals surface area (Å²) < 4.78 is 0. The van der Waals surface area contributed by atoms with E-state index in [2.05, 4.69) is 11.4 Å².